The van der Waals surface area contributed by atoms with Gasteiger partial charge >= 0.3 is 5.97 Å². The van der Waals surface area contributed by atoms with Gasteiger partial charge in [-0.3, -0.25) is 9.59 Å². The van der Waals surface area contributed by atoms with Crippen LogP contribution >= 0.6 is 0 Å². The van der Waals surface area contributed by atoms with Crippen molar-refractivity contribution in [1.29, 1.82) is 0 Å². The minimum absolute atomic E-state index is 0.0745. The van der Waals surface area contributed by atoms with E-state index >= 15 is 0 Å². The topological polar surface area (TPSA) is 95.9 Å². The van der Waals surface area contributed by atoms with E-state index in [0.717, 1.165) is 57.8 Å². The summed E-state index contributed by atoms with van der Waals surface area (Å²) in [5.41, 5.74) is 0. The lowest BCUT2D eigenvalue weighted by atomic mass is 10.0. The van der Waals surface area contributed by atoms with E-state index in [0.29, 0.717) is 19.3 Å². The SMILES string of the molecule is CCCCCC/C=C\CCCCCCCC(CC(=O)NC(CO)C(O)CCCCCCCCCCCCCCCC)OC(=O)CCCCCCCCC/C=C/CCCCCCCC. The van der Waals surface area contributed by atoms with E-state index in [4.69, 9.17) is 4.74 Å². The van der Waals surface area contributed by atoms with Crippen molar-refractivity contribution in [1.82, 2.24) is 5.32 Å². The molecule has 63 heavy (non-hydrogen) atoms. The van der Waals surface area contributed by atoms with Gasteiger partial charge in [-0.25, -0.2) is 0 Å². The molecule has 0 aromatic heterocycles. The van der Waals surface area contributed by atoms with Crippen LogP contribution in [0, 0.1) is 0 Å². The maximum Gasteiger partial charge on any atom is 0.306 e. The van der Waals surface area contributed by atoms with Gasteiger partial charge in [0.05, 0.1) is 25.2 Å². The molecule has 3 unspecified atom stereocenters. The Hall–Kier alpha value is -1.66. The van der Waals surface area contributed by atoms with E-state index in [2.05, 4.69) is 50.4 Å². The highest BCUT2D eigenvalue weighted by atomic mass is 16.5. The average Bonchev–Trinajstić information content (AvgIpc) is 3.28. The first-order chi connectivity index (χ1) is 31.0. The van der Waals surface area contributed by atoms with E-state index in [-0.39, 0.29) is 24.9 Å². The molecule has 0 rings (SSSR count). The zero-order chi connectivity index (χ0) is 45.9. The summed E-state index contributed by atoms with van der Waals surface area (Å²) in [7, 11) is 0. The van der Waals surface area contributed by atoms with Gasteiger partial charge in [-0.2, -0.15) is 0 Å². The van der Waals surface area contributed by atoms with E-state index in [9.17, 15) is 19.8 Å². The summed E-state index contributed by atoms with van der Waals surface area (Å²) >= 11 is 0. The summed E-state index contributed by atoms with van der Waals surface area (Å²) in [6.45, 7) is 6.49. The monoisotopic (exact) mass is 888 g/mol. The van der Waals surface area contributed by atoms with Crippen LogP contribution in [0.3, 0.4) is 0 Å². The predicted molar refractivity (Wildman–Crippen MR) is 273 cm³/mol. The van der Waals surface area contributed by atoms with Crippen LogP contribution in [-0.4, -0.2) is 46.9 Å². The Kier molecular flexibility index (Phi) is 50.0. The highest BCUT2D eigenvalue weighted by molar-refractivity contribution is 5.77. The first kappa shape index (κ1) is 61.3. The number of hydrogen-bond acceptors (Lipinski definition) is 5. The molecule has 6 heteroatoms. The van der Waals surface area contributed by atoms with Crippen LogP contribution in [-0.2, 0) is 14.3 Å². The molecule has 0 aromatic carbocycles. The molecule has 0 saturated heterocycles. The lowest BCUT2D eigenvalue weighted by Gasteiger charge is -2.24. The number of aliphatic hydroxyl groups excluding tert-OH is 2. The third-order valence-electron chi connectivity index (χ3n) is 13.0. The van der Waals surface area contributed by atoms with Crippen molar-refractivity contribution in [3.05, 3.63) is 24.3 Å². The van der Waals surface area contributed by atoms with Crippen LogP contribution in [0.5, 0.6) is 0 Å². The molecule has 3 N–H and O–H groups in total. The predicted octanol–water partition coefficient (Wildman–Crippen LogP) is 17.1. The number of carbonyl (C=O) groups is 2. The zero-order valence-electron chi connectivity index (χ0n) is 42.5. The summed E-state index contributed by atoms with van der Waals surface area (Å²) in [5, 5.41) is 23.8. The second-order valence-corrected chi connectivity index (χ2v) is 19.3. The van der Waals surface area contributed by atoms with Gasteiger partial charge in [0.15, 0.2) is 0 Å². The Labute approximate surface area is 392 Å². The second kappa shape index (κ2) is 51.3. The normalized spacial score (nSPS) is 13.3. The number of esters is 1. The number of aliphatic hydroxyl groups is 2. The van der Waals surface area contributed by atoms with Gasteiger partial charge in [-0.05, 0) is 77.0 Å². The highest BCUT2D eigenvalue weighted by Crippen LogP contribution is 2.18. The van der Waals surface area contributed by atoms with Crippen LogP contribution in [0.15, 0.2) is 24.3 Å². The molecule has 0 heterocycles. The number of allylic oxidation sites excluding steroid dienone is 4. The fourth-order valence-corrected chi connectivity index (χ4v) is 8.72. The summed E-state index contributed by atoms with van der Waals surface area (Å²) in [4.78, 5) is 26.2. The highest BCUT2D eigenvalue weighted by Gasteiger charge is 2.24. The molecule has 6 nitrogen and oxygen atoms in total. The van der Waals surface area contributed by atoms with Gasteiger partial charge in [0.2, 0.25) is 5.91 Å². The number of hydrogen-bond donors (Lipinski definition) is 3. The van der Waals surface area contributed by atoms with E-state index < -0.39 is 18.2 Å². The first-order valence-corrected chi connectivity index (χ1v) is 28.1. The van der Waals surface area contributed by atoms with Crippen LogP contribution in [0.1, 0.15) is 303 Å². The molecule has 3 atom stereocenters. The molecule has 0 aliphatic rings. The fourth-order valence-electron chi connectivity index (χ4n) is 8.72. The van der Waals surface area contributed by atoms with Crippen molar-refractivity contribution in [3.63, 3.8) is 0 Å². The zero-order valence-corrected chi connectivity index (χ0v) is 42.5. The Bertz CT molecular complexity index is 997. The van der Waals surface area contributed by atoms with Gasteiger partial charge in [0, 0.05) is 6.42 Å². The van der Waals surface area contributed by atoms with Crippen molar-refractivity contribution in [2.45, 2.75) is 322 Å². The minimum atomic E-state index is -0.787. The van der Waals surface area contributed by atoms with Gasteiger partial charge in [-0.1, -0.05) is 238 Å². The van der Waals surface area contributed by atoms with Crippen molar-refractivity contribution in [3.8, 4) is 0 Å². The number of unbranched alkanes of at least 4 members (excludes halogenated alkanes) is 35. The summed E-state index contributed by atoms with van der Waals surface area (Å²) < 4.78 is 5.95. The van der Waals surface area contributed by atoms with Crippen LogP contribution in [0.25, 0.3) is 0 Å². The van der Waals surface area contributed by atoms with Crippen molar-refractivity contribution >= 4 is 11.9 Å². The van der Waals surface area contributed by atoms with Gasteiger partial charge in [0.1, 0.15) is 6.10 Å². The fraction of sp³-hybridized carbons (Fsp3) is 0.895. The van der Waals surface area contributed by atoms with Crippen LogP contribution < -0.4 is 5.32 Å². The largest absolute Gasteiger partial charge is 0.462 e. The molecule has 0 saturated carbocycles. The van der Waals surface area contributed by atoms with E-state index in [1.807, 2.05) is 0 Å². The maximum absolute atomic E-state index is 13.2. The molecule has 0 aromatic rings. The van der Waals surface area contributed by atoms with Gasteiger partial charge in [-0.15, -0.1) is 0 Å². The first-order valence-electron chi connectivity index (χ1n) is 28.1. The quantitative estimate of drug-likeness (QED) is 0.0321. The number of amides is 1. The molecule has 0 aliphatic heterocycles. The van der Waals surface area contributed by atoms with Crippen molar-refractivity contribution in [2.24, 2.45) is 0 Å². The molecular weight excluding hydrogens is 779 g/mol. The standard InChI is InChI=1S/C57H109NO5/c1-4-7-10-13-16-19-22-25-27-28-29-32-35-38-41-44-47-50-57(62)63-53(48-45-42-39-36-33-30-24-21-18-15-12-9-6-3)51-56(61)58-54(52-59)55(60)49-46-43-40-37-34-31-26-23-20-17-14-11-8-5-2/h21,24-25,27,53-55,59-60H,4-20,22-23,26,28-52H2,1-3H3,(H,58,61)/b24-21-,27-25+. The molecule has 0 bridgehead atoms. The van der Waals surface area contributed by atoms with Gasteiger partial charge < -0.3 is 20.3 Å². The molecule has 0 aliphatic carbocycles. The number of rotatable bonds is 51. The van der Waals surface area contributed by atoms with E-state index in [1.54, 1.807) is 0 Å². The van der Waals surface area contributed by atoms with E-state index in [1.165, 1.54) is 199 Å². The Balaban J connectivity index is 4.52. The Morgan fingerprint density at radius 3 is 1.14 bits per heavy atom. The third kappa shape index (κ3) is 46.7. The smallest absolute Gasteiger partial charge is 0.306 e. The number of nitrogens with one attached hydrogen (secondary N) is 1. The molecule has 372 valence electrons. The summed E-state index contributed by atoms with van der Waals surface area (Å²) in [6.07, 6.45) is 59.5. The third-order valence-corrected chi connectivity index (χ3v) is 13.0. The molecule has 0 spiro atoms. The number of carbonyl (C=O) groups excluding carboxylic acids is 2. The van der Waals surface area contributed by atoms with Crippen molar-refractivity contribution < 1.29 is 24.5 Å². The molecule has 1 amide bonds. The minimum Gasteiger partial charge on any atom is -0.462 e. The Morgan fingerprint density at radius 1 is 0.444 bits per heavy atom. The second-order valence-electron chi connectivity index (χ2n) is 19.3. The average molecular weight is 889 g/mol. The molecule has 0 radical (unpaired) electrons. The lowest BCUT2D eigenvalue weighted by Crippen LogP contribution is -2.46. The lowest BCUT2D eigenvalue weighted by molar-refractivity contribution is -0.151. The van der Waals surface area contributed by atoms with Crippen LogP contribution in [0.4, 0.5) is 0 Å². The summed E-state index contributed by atoms with van der Waals surface area (Å²) in [6, 6.07) is -0.701. The number of ether oxygens (including phenoxy) is 1. The Morgan fingerprint density at radius 2 is 0.762 bits per heavy atom. The summed E-state index contributed by atoms with van der Waals surface area (Å²) in [5.74, 6) is -0.472. The molecular formula is C57H109NO5. The van der Waals surface area contributed by atoms with Crippen LogP contribution in [0.2, 0.25) is 0 Å². The van der Waals surface area contributed by atoms with Crippen molar-refractivity contribution in [2.75, 3.05) is 6.61 Å². The van der Waals surface area contributed by atoms with Gasteiger partial charge in [0.25, 0.3) is 0 Å². The molecule has 0 fully saturated rings. The maximum atomic E-state index is 13.2.